The Labute approximate surface area is 115 Å². The lowest BCUT2D eigenvalue weighted by Gasteiger charge is -2.35. The summed E-state index contributed by atoms with van der Waals surface area (Å²) in [7, 11) is 1.76. The second kappa shape index (κ2) is 5.93. The third-order valence-electron chi connectivity index (χ3n) is 4.50. The van der Waals surface area contributed by atoms with E-state index in [1.165, 1.54) is 50.0 Å². The number of piperidine rings is 1. The lowest BCUT2D eigenvalue weighted by Crippen LogP contribution is -2.42. The molecule has 2 aliphatic heterocycles. The molecular formula is C16H24N2O. The van der Waals surface area contributed by atoms with E-state index in [0.29, 0.717) is 12.6 Å². The van der Waals surface area contributed by atoms with E-state index in [1.807, 2.05) is 0 Å². The zero-order valence-corrected chi connectivity index (χ0v) is 11.8. The van der Waals surface area contributed by atoms with Crippen LogP contribution in [0.3, 0.4) is 0 Å². The van der Waals surface area contributed by atoms with Gasteiger partial charge in [-0.1, -0.05) is 18.2 Å². The van der Waals surface area contributed by atoms with E-state index < -0.39 is 0 Å². The quantitative estimate of drug-likeness (QED) is 0.901. The van der Waals surface area contributed by atoms with Gasteiger partial charge in [0.1, 0.15) is 0 Å². The van der Waals surface area contributed by atoms with Crippen LogP contribution in [0.4, 0.5) is 5.69 Å². The van der Waals surface area contributed by atoms with Crippen molar-refractivity contribution in [3.63, 3.8) is 0 Å². The number of nitrogens with zero attached hydrogens (tertiary/aromatic N) is 1. The van der Waals surface area contributed by atoms with Crippen LogP contribution in [0.1, 0.15) is 31.2 Å². The highest BCUT2D eigenvalue weighted by molar-refractivity contribution is 5.51. The second-order valence-electron chi connectivity index (χ2n) is 5.79. The minimum atomic E-state index is 0.623. The molecule has 2 atom stereocenters. The predicted molar refractivity (Wildman–Crippen MR) is 78.4 cm³/mol. The molecule has 1 N–H and O–H groups in total. The summed E-state index contributed by atoms with van der Waals surface area (Å²) in [4.78, 5) is 2.67. The van der Waals surface area contributed by atoms with Crippen LogP contribution in [-0.2, 0) is 11.3 Å². The number of para-hydroxylation sites is 1. The minimum absolute atomic E-state index is 0.623. The summed E-state index contributed by atoms with van der Waals surface area (Å²) in [5, 5.41) is 3.74. The predicted octanol–water partition coefficient (Wildman–Crippen LogP) is 2.87. The fraction of sp³-hybridized carbons (Fsp3) is 0.625. The first-order valence-corrected chi connectivity index (χ1v) is 7.44. The summed E-state index contributed by atoms with van der Waals surface area (Å²) >= 11 is 0. The maximum Gasteiger partial charge on any atom is 0.0733 e. The highest BCUT2D eigenvalue weighted by Gasteiger charge is 2.31. The van der Waals surface area contributed by atoms with Gasteiger partial charge in [0.25, 0.3) is 0 Å². The molecule has 1 aromatic rings. The van der Waals surface area contributed by atoms with Gasteiger partial charge in [0.2, 0.25) is 0 Å². The van der Waals surface area contributed by atoms with Crippen molar-refractivity contribution in [1.82, 2.24) is 4.90 Å². The first-order chi connectivity index (χ1) is 9.36. The number of anilines is 1. The standard InChI is InChI=1S/C16H24N2O/c1-19-12-13-5-2-3-7-16(13)17-14-8-10-18-9-4-6-15(18)11-14/h2-3,5,7,14-15,17H,4,6,8-12H2,1H3. The molecule has 2 unspecified atom stereocenters. The average Bonchev–Trinajstić information content (AvgIpc) is 2.89. The van der Waals surface area contributed by atoms with Crippen LogP contribution < -0.4 is 5.32 Å². The maximum atomic E-state index is 5.28. The first kappa shape index (κ1) is 12.9. The summed E-state index contributed by atoms with van der Waals surface area (Å²) < 4.78 is 5.28. The molecule has 19 heavy (non-hydrogen) atoms. The van der Waals surface area contributed by atoms with Gasteiger partial charge in [0.05, 0.1) is 6.61 Å². The maximum absolute atomic E-state index is 5.28. The Hall–Kier alpha value is -1.06. The topological polar surface area (TPSA) is 24.5 Å². The highest BCUT2D eigenvalue weighted by Crippen LogP contribution is 2.29. The van der Waals surface area contributed by atoms with E-state index in [0.717, 1.165) is 6.04 Å². The van der Waals surface area contributed by atoms with Crippen molar-refractivity contribution in [3.05, 3.63) is 29.8 Å². The van der Waals surface area contributed by atoms with Gasteiger partial charge in [-0.25, -0.2) is 0 Å². The third-order valence-corrected chi connectivity index (χ3v) is 4.50. The monoisotopic (exact) mass is 260 g/mol. The molecule has 0 bridgehead atoms. The van der Waals surface area contributed by atoms with Crippen molar-refractivity contribution in [2.75, 3.05) is 25.5 Å². The van der Waals surface area contributed by atoms with E-state index in [9.17, 15) is 0 Å². The third kappa shape index (κ3) is 2.93. The van der Waals surface area contributed by atoms with Crippen LogP contribution in [0, 0.1) is 0 Å². The van der Waals surface area contributed by atoms with Gasteiger partial charge in [-0.05, 0) is 38.3 Å². The fourth-order valence-electron chi connectivity index (χ4n) is 3.52. The smallest absolute Gasteiger partial charge is 0.0733 e. The van der Waals surface area contributed by atoms with Gasteiger partial charge >= 0.3 is 0 Å². The van der Waals surface area contributed by atoms with Crippen molar-refractivity contribution in [2.45, 2.75) is 44.4 Å². The van der Waals surface area contributed by atoms with Crippen LogP contribution in [0.25, 0.3) is 0 Å². The molecule has 3 rings (SSSR count). The van der Waals surface area contributed by atoms with Crippen LogP contribution in [0.5, 0.6) is 0 Å². The van der Waals surface area contributed by atoms with E-state index in [4.69, 9.17) is 4.74 Å². The molecule has 104 valence electrons. The van der Waals surface area contributed by atoms with E-state index in [1.54, 1.807) is 7.11 Å². The number of methoxy groups -OCH3 is 1. The van der Waals surface area contributed by atoms with Gasteiger partial charge in [0, 0.05) is 37.0 Å². The molecule has 2 fully saturated rings. The average molecular weight is 260 g/mol. The largest absolute Gasteiger partial charge is 0.382 e. The Bertz CT molecular complexity index is 421. The molecule has 0 amide bonds. The number of fused-ring (bicyclic) bond motifs is 1. The van der Waals surface area contributed by atoms with Crippen LogP contribution in [0.15, 0.2) is 24.3 Å². The SMILES string of the molecule is COCc1ccccc1NC1CCN2CCCC2C1. The summed E-state index contributed by atoms with van der Waals surface area (Å²) in [6, 6.07) is 9.95. The normalized spacial score (nSPS) is 27.2. The number of nitrogens with one attached hydrogen (secondary N) is 1. The molecule has 1 aromatic carbocycles. The Morgan fingerprint density at radius 2 is 2.16 bits per heavy atom. The molecule has 0 radical (unpaired) electrons. The van der Waals surface area contributed by atoms with Crippen molar-refractivity contribution >= 4 is 5.69 Å². The van der Waals surface area contributed by atoms with E-state index in [2.05, 4.69) is 34.5 Å². The van der Waals surface area contributed by atoms with Gasteiger partial charge in [-0.2, -0.15) is 0 Å². The number of rotatable bonds is 4. The van der Waals surface area contributed by atoms with Crippen LogP contribution in [-0.4, -0.2) is 37.2 Å². The van der Waals surface area contributed by atoms with Gasteiger partial charge < -0.3 is 15.0 Å². The number of ether oxygens (including phenoxy) is 1. The molecule has 0 aromatic heterocycles. The summed E-state index contributed by atoms with van der Waals surface area (Å²) in [6.07, 6.45) is 5.33. The Morgan fingerprint density at radius 3 is 3.05 bits per heavy atom. The van der Waals surface area contributed by atoms with Crippen molar-refractivity contribution in [3.8, 4) is 0 Å². The molecule has 3 nitrogen and oxygen atoms in total. The second-order valence-corrected chi connectivity index (χ2v) is 5.79. The number of hydrogen-bond acceptors (Lipinski definition) is 3. The molecule has 0 aliphatic carbocycles. The zero-order valence-electron chi connectivity index (χ0n) is 11.8. The van der Waals surface area contributed by atoms with E-state index in [-0.39, 0.29) is 0 Å². The molecule has 0 spiro atoms. The van der Waals surface area contributed by atoms with Crippen molar-refractivity contribution in [2.24, 2.45) is 0 Å². The van der Waals surface area contributed by atoms with Crippen molar-refractivity contribution in [1.29, 1.82) is 0 Å². The Morgan fingerprint density at radius 1 is 1.26 bits per heavy atom. The van der Waals surface area contributed by atoms with Crippen LogP contribution >= 0.6 is 0 Å². The first-order valence-electron chi connectivity index (χ1n) is 7.44. The molecule has 2 heterocycles. The van der Waals surface area contributed by atoms with Crippen LogP contribution in [0.2, 0.25) is 0 Å². The fourth-order valence-corrected chi connectivity index (χ4v) is 3.52. The molecular weight excluding hydrogens is 236 g/mol. The Balaban J connectivity index is 1.65. The molecule has 0 saturated carbocycles. The van der Waals surface area contributed by atoms with E-state index >= 15 is 0 Å². The lowest BCUT2D eigenvalue weighted by atomic mass is 9.97. The Kier molecular flexibility index (Phi) is 4.04. The van der Waals surface area contributed by atoms with Gasteiger partial charge in [-0.15, -0.1) is 0 Å². The summed E-state index contributed by atoms with van der Waals surface area (Å²) in [5.74, 6) is 0. The summed E-state index contributed by atoms with van der Waals surface area (Å²) in [5.41, 5.74) is 2.51. The zero-order chi connectivity index (χ0) is 13.1. The molecule has 3 heteroatoms. The number of hydrogen-bond donors (Lipinski definition) is 1. The highest BCUT2D eigenvalue weighted by atomic mass is 16.5. The van der Waals surface area contributed by atoms with Gasteiger partial charge in [-0.3, -0.25) is 0 Å². The van der Waals surface area contributed by atoms with Gasteiger partial charge in [0.15, 0.2) is 0 Å². The lowest BCUT2D eigenvalue weighted by molar-refractivity contribution is 0.183. The molecule has 2 saturated heterocycles. The number of benzene rings is 1. The summed E-state index contributed by atoms with van der Waals surface area (Å²) in [6.45, 7) is 3.26. The molecule has 2 aliphatic rings. The minimum Gasteiger partial charge on any atom is -0.382 e. The van der Waals surface area contributed by atoms with Crippen molar-refractivity contribution < 1.29 is 4.74 Å².